The van der Waals surface area contributed by atoms with Gasteiger partial charge in [-0.25, -0.2) is 0 Å². The van der Waals surface area contributed by atoms with Crippen LogP contribution in [0.3, 0.4) is 0 Å². The third-order valence-electron chi connectivity index (χ3n) is 7.64. The van der Waals surface area contributed by atoms with E-state index in [1.807, 2.05) is 0 Å². The Morgan fingerprint density at radius 3 is 2.64 bits per heavy atom. The monoisotopic (exact) mass is 421 g/mol. The Balaban J connectivity index is 1.68. The summed E-state index contributed by atoms with van der Waals surface area (Å²) in [5.74, 6) is 0.840. The highest BCUT2D eigenvalue weighted by molar-refractivity contribution is 7.86. The maximum absolute atomic E-state index is 11.6. The molecule has 0 amide bonds. The lowest BCUT2D eigenvalue weighted by molar-refractivity contribution is 0.0546. The molecular formula is C21H31NO4SSi. The normalized spacial score (nSPS) is 30.9. The number of benzene rings is 1. The summed E-state index contributed by atoms with van der Waals surface area (Å²) in [4.78, 5) is 0. The van der Waals surface area contributed by atoms with Crippen LogP contribution in [0.25, 0.3) is 0 Å². The van der Waals surface area contributed by atoms with Gasteiger partial charge >= 0.3 is 10.3 Å². The van der Waals surface area contributed by atoms with E-state index in [-0.39, 0.29) is 16.6 Å². The van der Waals surface area contributed by atoms with Crippen LogP contribution < -0.4 is 4.18 Å². The molecule has 4 rings (SSSR count). The van der Waals surface area contributed by atoms with Gasteiger partial charge in [-0.3, -0.25) is 0 Å². The fraction of sp³-hybridized carbons (Fsp3) is 0.667. The number of fused-ring (bicyclic) bond motifs is 5. The summed E-state index contributed by atoms with van der Waals surface area (Å²) in [6.45, 7) is 14.0. The van der Waals surface area contributed by atoms with Gasteiger partial charge in [-0.1, -0.05) is 33.8 Å². The van der Waals surface area contributed by atoms with Gasteiger partial charge in [-0.05, 0) is 72.3 Å². The predicted octanol–water partition coefficient (Wildman–Crippen LogP) is 4.96. The lowest BCUT2D eigenvalue weighted by atomic mass is 9.65. The molecule has 1 aromatic rings. The van der Waals surface area contributed by atoms with E-state index in [9.17, 15) is 8.42 Å². The third-order valence-corrected chi connectivity index (χ3v) is 12.9. The molecule has 7 heteroatoms. The average molecular weight is 422 g/mol. The number of nitrogens with zero attached hydrogens (tertiary/aromatic N) is 1. The second-order valence-electron chi connectivity index (χ2n) is 10.3. The Morgan fingerprint density at radius 2 is 1.96 bits per heavy atom. The maximum atomic E-state index is 11.6. The largest absolute Gasteiger partial charge is 0.428 e. The van der Waals surface area contributed by atoms with Crippen molar-refractivity contribution in [1.29, 1.82) is 0 Å². The van der Waals surface area contributed by atoms with Gasteiger partial charge in [0.05, 0.1) is 12.3 Å². The minimum Gasteiger partial charge on any atom is -0.413 e. The van der Waals surface area contributed by atoms with Crippen LogP contribution in [0.4, 0.5) is 0 Å². The van der Waals surface area contributed by atoms with Crippen LogP contribution in [0, 0.1) is 5.41 Å². The number of rotatable bonds is 2. The molecule has 0 aromatic heterocycles. The molecule has 154 valence electrons. The Labute approximate surface area is 169 Å². The van der Waals surface area contributed by atoms with Gasteiger partial charge in [0.2, 0.25) is 0 Å². The van der Waals surface area contributed by atoms with Crippen molar-refractivity contribution in [3.63, 3.8) is 0 Å². The zero-order valence-corrected chi connectivity index (χ0v) is 19.5. The van der Waals surface area contributed by atoms with E-state index < -0.39 is 18.6 Å². The van der Waals surface area contributed by atoms with Gasteiger partial charge < -0.3 is 8.61 Å². The minimum absolute atomic E-state index is 0.121. The highest BCUT2D eigenvalue weighted by Crippen LogP contribution is 2.58. The van der Waals surface area contributed by atoms with E-state index in [1.165, 1.54) is 17.3 Å². The summed E-state index contributed by atoms with van der Waals surface area (Å²) in [5, 5.41) is 0.201. The van der Waals surface area contributed by atoms with E-state index in [0.29, 0.717) is 11.7 Å². The SMILES string of the molecule is CC(C)(C)[Si](C)(C)O[C@@H]1CC[C@H]2c3ccc4c(c3CC[C@]12C)C=NS(=O)(=O)O4. The molecule has 3 atom stereocenters. The summed E-state index contributed by atoms with van der Waals surface area (Å²) in [7, 11) is -5.67. The Kier molecular flexibility index (Phi) is 4.42. The van der Waals surface area contributed by atoms with Crippen LogP contribution in [0.1, 0.15) is 69.6 Å². The van der Waals surface area contributed by atoms with Gasteiger partial charge in [-0.2, -0.15) is 8.42 Å². The summed E-state index contributed by atoms with van der Waals surface area (Å²) in [6, 6.07) is 3.87. The minimum atomic E-state index is -3.84. The first-order valence-corrected chi connectivity index (χ1v) is 14.4. The highest BCUT2D eigenvalue weighted by atomic mass is 32.2. The second kappa shape index (κ2) is 6.16. The quantitative estimate of drug-likeness (QED) is 0.633. The van der Waals surface area contributed by atoms with E-state index >= 15 is 0 Å². The zero-order valence-electron chi connectivity index (χ0n) is 17.7. The first-order chi connectivity index (χ1) is 12.8. The molecule has 28 heavy (non-hydrogen) atoms. The Morgan fingerprint density at radius 1 is 1.25 bits per heavy atom. The van der Waals surface area contributed by atoms with E-state index in [0.717, 1.165) is 31.2 Å². The van der Waals surface area contributed by atoms with Crippen molar-refractivity contribution in [3.05, 3.63) is 28.8 Å². The molecule has 0 radical (unpaired) electrons. The molecular weight excluding hydrogens is 390 g/mol. The fourth-order valence-electron chi connectivity index (χ4n) is 4.90. The molecule has 3 aliphatic rings. The molecule has 0 saturated heterocycles. The molecule has 2 aliphatic carbocycles. The predicted molar refractivity (Wildman–Crippen MR) is 114 cm³/mol. The summed E-state index contributed by atoms with van der Waals surface area (Å²) in [6.07, 6.45) is 5.89. The smallest absolute Gasteiger partial charge is 0.413 e. The number of hydrogen-bond acceptors (Lipinski definition) is 4. The molecule has 0 bridgehead atoms. The van der Waals surface area contributed by atoms with Crippen LogP contribution in [-0.2, 0) is 21.2 Å². The van der Waals surface area contributed by atoms with Crippen LogP contribution in [-0.4, -0.2) is 29.1 Å². The van der Waals surface area contributed by atoms with Crippen molar-refractivity contribution in [2.45, 2.75) is 83.5 Å². The molecule has 5 nitrogen and oxygen atoms in total. The maximum Gasteiger partial charge on any atom is 0.428 e. The van der Waals surface area contributed by atoms with E-state index in [4.69, 9.17) is 8.61 Å². The van der Waals surface area contributed by atoms with Gasteiger partial charge in [0.25, 0.3) is 0 Å². The van der Waals surface area contributed by atoms with Crippen molar-refractivity contribution in [1.82, 2.24) is 0 Å². The van der Waals surface area contributed by atoms with Crippen LogP contribution >= 0.6 is 0 Å². The van der Waals surface area contributed by atoms with Gasteiger partial charge in [0.1, 0.15) is 0 Å². The van der Waals surface area contributed by atoms with Crippen molar-refractivity contribution >= 4 is 24.8 Å². The first kappa shape index (κ1) is 20.1. The van der Waals surface area contributed by atoms with Crippen molar-refractivity contribution < 1.29 is 17.0 Å². The van der Waals surface area contributed by atoms with Gasteiger partial charge in [-0.15, -0.1) is 4.40 Å². The Bertz CT molecular complexity index is 948. The summed E-state index contributed by atoms with van der Waals surface area (Å²) < 4.78 is 38.9. The van der Waals surface area contributed by atoms with Crippen LogP contribution in [0.2, 0.25) is 18.1 Å². The zero-order chi connectivity index (χ0) is 20.5. The highest BCUT2D eigenvalue weighted by Gasteiger charge is 2.53. The van der Waals surface area contributed by atoms with Gasteiger partial charge in [0.15, 0.2) is 14.1 Å². The standard InChI is InChI=1S/C21H31NO4SSi/c1-20(2,3)28(5,6)26-19-10-8-17-15-7-9-18-16(13-22-27(23,24)25-18)14(15)11-12-21(17,19)4/h7,9,13,17,19H,8,10-12H2,1-6H3/t17-,19+,21-/m0/s1. The average Bonchev–Trinajstić information content (AvgIpc) is 2.88. The Hall–Kier alpha value is -1.18. The molecule has 0 spiro atoms. The molecule has 1 aliphatic heterocycles. The van der Waals surface area contributed by atoms with Crippen molar-refractivity contribution in [3.8, 4) is 5.75 Å². The summed E-state index contributed by atoms with van der Waals surface area (Å²) >= 11 is 0. The van der Waals surface area contributed by atoms with Crippen molar-refractivity contribution in [2.24, 2.45) is 9.81 Å². The molecule has 1 heterocycles. The first-order valence-electron chi connectivity index (χ1n) is 10.2. The number of hydrogen-bond donors (Lipinski definition) is 0. The van der Waals surface area contributed by atoms with E-state index in [2.05, 4.69) is 51.3 Å². The molecule has 0 N–H and O–H groups in total. The van der Waals surface area contributed by atoms with Crippen LogP contribution in [0.5, 0.6) is 5.75 Å². The molecule has 1 saturated carbocycles. The molecule has 1 fully saturated rings. The van der Waals surface area contributed by atoms with E-state index in [1.54, 1.807) is 6.07 Å². The molecule has 1 aromatic carbocycles. The third kappa shape index (κ3) is 3.06. The van der Waals surface area contributed by atoms with Crippen molar-refractivity contribution in [2.75, 3.05) is 0 Å². The van der Waals surface area contributed by atoms with Crippen LogP contribution in [0.15, 0.2) is 16.5 Å². The lowest BCUT2D eigenvalue weighted by Crippen LogP contribution is -2.48. The topological polar surface area (TPSA) is 65.0 Å². The lowest BCUT2D eigenvalue weighted by Gasteiger charge is -2.46. The van der Waals surface area contributed by atoms with Gasteiger partial charge in [0, 0.05) is 5.56 Å². The summed E-state index contributed by atoms with van der Waals surface area (Å²) in [5.41, 5.74) is 3.48. The second-order valence-corrected chi connectivity index (χ2v) is 16.3. The fourth-order valence-corrected chi connectivity index (χ4v) is 7.00. The molecule has 0 unspecified atom stereocenters.